The van der Waals surface area contributed by atoms with E-state index < -0.39 is 0 Å². The Bertz CT molecular complexity index is 624. The Labute approximate surface area is 152 Å². The van der Waals surface area contributed by atoms with Crippen molar-refractivity contribution in [1.82, 2.24) is 0 Å². The largest absolute Gasteiger partial charge is 0.0798 e. The van der Waals surface area contributed by atoms with Gasteiger partial charge >= 0.3 is 0 Å². The van der Waals surface area contributed by atoms with Crippen LogP contribution in [0.2, 0.25) is 0 Å². The first-order valence-corrected chi connectivity index (χ1v) is 9.40. The van der Waals surface area contributed by atoms with E-state index in [2.05, 4.69) is 110 Å². The summed E-state index contributed by atoms with van der Waals surface area (Å²) < 4.78 is 1.13. The smallest absolute Gasteiger partial charge is 0.0539 e. The molecule has 0 heterocycles. The van der Waals surface area contributed by atoms with Crippen LogP contribution in [0, 0.1) is 5.41 Å². The minimum Gasteiger partial charge on any atom is -0.0798 e. The molecule has 1 aromatic rings. The normalized spacial score (nSPS) is 23.1. The zero-order valence-electron chi connectivity index (χ0n) is 14.4. The molecule has 1 aliphatic rings. The highest BCUT2D eigenvalue weighted by molar-refractivity contribution is 9.12. The van der Waals surface area contributed by atoms with Crippen LogP contribution in [0.5, 0.6) is 0 Å². The molecule has 2 rings (SSSR count). The van der Waals surface area contributed by atoms with E-state index in [1.54, 1.807) is 0 Å². The molecule has 0 aromatic heterocycles. The zero-order valence-corrected chi connectivity index (χ0v) is 17.6. The van der Waals surface area contributed by atoms with Gasteiger partial charge in [-0.25, -0.2) is 0 Å². The van der Waals surface area contributed by atoms with Crippen LogP contribution in [0.3, 0.4) is 0 Å². The molecular formula is C20H26Br2. The predicted octanol–water partition coefficient (Wildman–Crippen LogP) is 7.23. The summed E-state index contributed by atoms with van der Waals surface area (Å²) in [6.07, 6.45) is 5.55. The number of hydrogen-bond donors (Lipinski definition) is 0. The first-order valence-electron chi connectivity index (χ1n) is 7.81. The standard InChI is InChI=1S/C20H26Br2/c1-18(2,3)16-9-7-8-14(10-16)15-11-17(21)13-20(22,12-15)19(4,5)6/h7-11,13H,12H2,1-6H3. The number of halogens is 2. The van der Waals surface area contributed by atoms with Crippen molar-refractivity contribution >= 4 is 37.4 Å². The third-order valence-electron chi connectivity index (χ3n) is 4.47. The molecule has 0 bridgehead atoms. The van der Waals surface area contributed by atoms with E-state index in [1.807, 2.05) is 0 Å². The highest BCUT2D eigenvalue weighted by Crippen LogP contribution is 2.49. The van der Waals surface area contributed by atoms with E-state index in [4.69, 9.17) is 0 Å². The summed E-state index contributed by atoms with van der Waals surface area (Å²) >= 11 is 7.71. The predicted molar refractivity (Wildman–Crippen MR) is 106 cm³/mol. The summed E-state index contributed by atoms with van der Waals surface area (Å²) in [7, 11) is 0. The first-order chi connectivity index (χ1) is 9.92. The quantitative estimate of drug-likeness (QED) is 0.416. The van der Waals surface area contributed by atoms with Crippen molar-refractivity contribution in [3.8, 4) is 0 Å². The zero-order chi connectivity index (χ0) is 16.8. The average molecular weight is 426 g/mol. The summed E-state index contributed by atoms with van der Waals surface area (Å²) in [5.41, 5.74) is 4.41. The first kappa shape index (κ1) is 18.0. The van der Waals surface area contributed by atoms with Crippen molar-refractivity contribution in [2.24, 2.45) is 5.41 Å². The molecule has 0 aliphatic heterocycles. The number of rotatable bonds is 1. The fourth-order valence-corrected chi connectivity index (χ4v) is 4.18. The molecule has 0 radical (unpaired) electrons. The summed E-state index contributed by atoms with van der Waals surface area (Å²) in [4.78, 5) is 0. The molecule has 1 unspecified atom stereocenters. The molecule has 1 atom stereocenters. The molecule has 0 N–H and O–H groups in total. The van der Waals surface area contributed by atoms with Crippen LogP contribution < -0.4 is 0 Å². The summed E-state index contributed by atoms with van der Waals surface area (Å²) in [5.74, 6) is 0. The lowest BCUT2D eigenvalue weighted by atomic mass is 9.73. The second kappa shape index (κ2) is 5.94. The van der Waals surface area contributed by atoms with Gasteiger partial charge in [0.1, 0.15) is 0 Å². The van der Waals surface area contributed by atoms with Gasteiger partial charge in [-0.05, 0) is 40.0 Å². The van der Waals surface area contributed by atoms with Crippen LogP contribution in [0.4, 0.5) is 0 Å². The van der Waals surface area contributed by atoms with E-state index in [-0.39, 0.29) is 15.2 Å². The van der Waals surface area contributed by atoms with Crippen LogP contribution in [0.1, 0.15) is 59.1 Å². The van der Waals surface area contributed by atoms with Gasteiger partial charge in [0, 0.05) is 4.48 Å². The highest BCUT2D eigenvalue weighted by atomic mass is 79.9. The maximum Gasteiger partial charge on any atom is 0.0539 e. The molecule has 120 valence electrons. The third kappa shape index (κ3) is 3.76. The minimum atomic E-state index is -0.0271. The van der Waals surface area contributed by atoms with E-state index in [9.17, 15) is 0 Å². The van der Waals surface area contributed by atoms with Gasteiger partial charge in [-0.2, -0.15) is 0 Å². The number of benzene rings is 1. The molecule has 1 aliphatic carbocycles. The second-order valence-corrected chi connectivity index (χ2v) is 10.6. The Hall–Kier alpha value is -0.340. The van der Waals surface area contributed by atoms with Gasteiger partial charge in [-0.15, -0.1) is 0 Å². The van der Waals surface area contributed by atoms with E-state index >= 15 is 0 Å². The van der Waals surface area contributed by atoms with Crippen LogP contribution in [-0.4, -0.2) is 4.32 Å². The Kier molecular flexibility index (Phi) is 4.86. The molecule has 0 saturated heterocycles. The number of allylic oxidation sites excluding steroid dienone is 4. The van der Waals surface area contributed by atoms with Gasteiger partial charge in [0.05, 0.1) is 4.32 Å². The van der Waals surface area contributed by atoms with Crippen LogP contribution in [0.25, 0.3) is 5.57 Å². The van der Waals surface area contributed by atoms with Crippen LogP contribution in [0.15, 0.2) is 40.9 Å². The molecule has 0 nitrogen and oxygen atoms in total. The van der Waals surface area contributed by atoms with Crippen molar-refractivity contribution in [3.05, 3.63) is 52.0 Å². The van der Waals surface area contributed by atoms with Gasteiger partial charge < -0.3 is 0 Å². The van der Waals surface area contributed by atoms with E-state index in [0.717, 1.165) is 10.9 Å². The number of alkyl halides is 1. The Balaban J connectivity index is 2.44. The van der Waals surface area contributed by atoms with E-state index in [1.165, 1.54) is 16.7 Å². The maximum atomic E-state index is 4.01. The molecule has 0 saturated carbocycles. The Morgan fingerprint density at radius 1 is 1.05 bits per heavy atom. The lowest BCUT2D eigenvalue weighted by Gasteiger charge is -2.40. The van der Waals surface area contributed by atoms with Crippen molar-refractivity contribution in [2.75, 3.05) is 0 Å². The van der Waals surface area contributed by atoms with Gasteiger partial charge in [-0.1, -0.05) is 104 Å². The lowest BCUT2D eigenvalue weighted by Crippen LogP contribution is -2.36. The average Bonchev–Trinajstić information content (AvgIpc) is 2.35. The summed E-state index contributed by atoms with van der Waals surface area (Å²) in [5, 5.41) is 0. The van der Waals surface area contributed by atoms with Gasteiger partial charge in [0.15, 0.2) is 0 Å². The van der Waals surface area contributed by atoms with Crippen LogP contribution in [-0.2, 0) is 5.41 Å². The van der Waals surface area contributed by atoms with Crippen molar-refractivity contribution in [1.29, 1.82) is 0 Å². The molecule has 2 heteroatoms. The van der Waals surface area contributed by atoms with Gasteiger partial charge in [0.25, 0.3) is 0 Å². The fourth-order valence-electron chi connectivity index (χ4n) is 2.66. The van der Waals surface area contributed by atoms with E-state index in [0.29, 0.717) is 0 Å². The molecule has 0 amide bonds. The number of hydrogen-bond acceptors (Lipinski definition) is 0. The lowest BCUT2D eigenvalue weighted by molar-refractivity contribution is 0.338. The second-order valence-electron chi connectivity index (χ2n) is 8.32. The maximum absolute atomic E-state index is 4.01. The van der Waals surface area contributed by atoms with Crippen molar-refractivity contribution in [3.63, 3.8) is 0 Å². The highest BCUT2D eigenvalue weighted by Gasteiger charge is 2.40. The summed E-state index contributed by atoms with van der Waals surface area (Å²) in [6, 6.07) is 8.97. The van der Waals surface area contributed by atoms with Crippen molar-refractivity contribution < 1.29 is 0 Å². The topological polar surface area (TPSA) is 0 Å². The van der Waals surface area contributed by atoms with Gasteiger partial charge in [0.2, 0.25) is 0 Å². The molecule has 0 spiro atoms. The minimum absolute atomic E-state index is 0.0271. The molecule has 1 aromatic carbocycles. The Morgan fingerprint density at radius 2 is 1.68 bits per heavy atom. The molecule has 22 heavy (non-hydrogen) atoms. The van der Waals surface area contributed by atoms with Crippen LogP contribution >= 0.6 is 31.9 Å². The monoisotopic (exact) mass is 424 g/mol. The molecule has 0 fully saturated rings. The van der Waals surface area contributed by atoms with Gasteiger partial charge in [-0.3, -0.25) is 0 Å². The molecular weight excluding hydrogens is 400 g/mol. The van der Waals surface area contributed by atoms with Crippen molar-refractivity contribution in [2.45, 2.75) is 57.7 Å². The SMILES string of the molecule is CC(C)(C)c1cccc(C2=CC(Br)=CC(Br)(C(C)(C)C)C2)c1. The third-order valence-corrected chi connectivity index (χ3v) is 6.63. The fraction of sp³-hybridized carbons (Fsp3) is 0.500. The Morgan fingerprint density at radius 3 is 2.23 bits per heavy atom. The summed E-state index contributed by atoms with van der Waals surface area (Å²) in [6.45, 7) is 13.6.